The van der Waals surface area contributed by atoms with Crippen LogP contribution in [0.1, 0.15) is 36.1 Å². The van der Waals surface area contributed by atoms with Gasteiger partial charge in [-0.25, -0.2) is 5.43 Å². The Morgan fingerprint density at radius 1 is 1.00 bits per heavy atom. The number of halogens is 2. The first-order valence-electron chi connectivity index (χ1n) is 10.7. The smallest absolute Gasteiger partial charge is 0.244 e. The van der Waals surface area contributed by atoms with Crippen molar-refractivity contribution in [3.05, 3.63) is 92.4 Å². The topological polar surface area (TPSA) is 59.9 Å². The molecule has 7 heteroatoms. The summed E-state index contributed by atoms with van der Waals surface area (Å²) in [5, 5.41) is 4.77. The number of nitrogens with one attached hydrogen (secondary N) is 1. The Bertz CT molecular complexity index is 1100. The summed E-state index contributed by atoms with van der Waals surface area (Å²) in [4.78, 5) is 12.2. The van der Waals surface area contributed by atoms with Crippen LogP contribution in [0, 0.1) is 0 Å². The number of benzene rings is 3. The van der Waals surface area contributed by atoms with E-state index in [1.54, 1.807) is 6.21 Å². The van der Waals surface area contributed by atoms with Crippen LogP contribution in [0.25, 0.3) is 0 Å². The molecule has 0 saturated carbocycles. The summed E-state index contributed by atoms with van der Waals surface area (Å²) >= 11 is 9.50. The maximum absolute atomic E-state index is 12.2. The second-order valence-electron chi connectivity index (χ2n) is 7.32. The van der Waals surface area contributed by atoms with Crippen LogP contribution in [-0.4, -0.2) is 18.7 Å². The van der Waals surface area contributed by atoms with Gasteiger partial charge in [-0.2, -0.15) is 5.10 Å². The van der Waals surface area contributed by atoms with E-state index >= 15 is 0 Å². The molecule has 0 radical (unpaired) electrons. The molecule has 33 heavy (non-hydrogen) atoms. The standard InChI is InChI=1S/C26H26BrClN2O3/c1-3-18-5-7-19(8-6-18)15-25(31)30-29-16-21-13-23(27)26(24(14-21)32-4-2)33-17-20-9-11-22(28)12-10-20/h5-14,16H,3-4,15,17H2,1-2H3,(H,30,31)/b29-16+. The fraction of sp³-hybridized carbons (Fsp3) is 0.231. The van der Waals surface area contributed by atoms with E-state index in [1.807, 2.05) is 67.6 Å². The lowest BCUT2D eigenvalue weighted by atomic mass is 10.1. The van der Waals surface area contributed by atoms with Crippen molar-refractivity contribution in [2.24, 2.45) is 5.10 Å². The molecule has 0 unspecified atom stereocenters. The number of aryl methyl sites for hydroxylation is 1. The normalized spacial score (nSPS) is 10.9. The summed E-state index contributed by atoms with van der Waals surface area (Å²) in [5.74, 6) is 1.01. The van der Waals surface area contributed by atoms with Gasteiger partial charge >= 0.3 is 0 Å². The number of nitrogens with zero attached hydrogens (tertiary/aromatic N) is 1. The molecule has 1 amide bonds. The summed E-state index contributed by atoms with van der Waals surface area (Å²) in [6.45, 7) is 4.87. The molecule has 0 heterocycles. The van der Waals surface area contributed by atoms with Crippen molar-refractivity contribution in [1.82, 2.24) is 5.43 Å². The first-order valence-corrected chi connectivity index (χ1v) is 11.9. The van der Waals surface area contributed by atoms with E-state index in [2.05, 4.69) is 33.4 Å². The van der Waals surface area contributed by atoms with E-state index in [-0.39, 0.29) is 12.3 Å². The van der Waals surface area contributed by atoms with Gasteiger partial charge in [0.15, 0.2) is 11.5 Å². The quantitative estimate of drug-likeness (QED) is 0.246. The number of carbonyl (C=O) groups excluding carboxylic acids is 1. The Kier molecular flexibility index (Phi) is 9.34. The molecule has 3 aromatic carbocycles. The van der Waals surface area contributed by atoms with Crippen LogP contribution in [0.3, 0.4) is 0 Å². The molecule has 0 bridgehead atoms. The SMILES string of the molecule is CCOc1cc(/C=N/NC(=O)Cc2ccc(CC)cc2)cc(Br)c1OCc1ccc(Cl)cc1. The van der Waals surface area contributed by atoms with E-state index in [4.69, 9.17) is 21.1 Å². The average Bonchev–Trinajstić information content (AvgIpc) is 2.80. The van der Waals surface area contributed by atoms with Gasteiger partial charge < -0.3 is 9.47 Å². The Morgan fingerprint density at radius 3 is 2.33 bits per heavy atom. The Balaban J connectivity index is 1.63. The Labute approximate surface area is 207 Å². The number of amides is 1. The largest absolute Gasteiger partial charge is 0.490 e. The zero-order chi connectivity index (χ0) is 23.6. The van der Waals surface area contributed by atoms with Crippen molar-refractivity contribution in [3.8, 4) is 11.5 Å². The Morgan fingerprint density at radius 2 is 1.67 bits per heavy atom. The molecule has 0 fully saturated rings. The fourth-order valence-electron chi connectivity index (χ4n) is 3.10. The van der Waals surface area contributed by atoms with Gasteiger partial charge in [0, 0.05) is 5.02 Å². The highest BCUT2D eigenvalue weighted by molar-refractivity contribution is 9.10. The summed E-state index contributed by atoms with van der Waals surface area (Å²) < 4.78 is 12.5. The van der Waals surface area contributed by atoms with E-state index < -0.39 is 0 Å². The van der Waals surface area contributed by atoms with Crippen LogP contribution in [-0.2, 0) is 24.2 Å². The lowest BCUT2D eigenvalue weighted by molar-refractivity contribution is -0.120. The highest BCUT2D eigenvalue weighted by atomic mass is 79.9. The minimum Gasteiger partial charge on any atom is -0.490 e. The zero-order valence-electron chi connectivity index (χ0n) is 18.6. The molecular formula is C26H26BrClN2O3. The molecule has 0 aliphatic carbocycles. The van der Waals surface area contributed by atoms with Gasteiger partial charge in [0.25, 0.3) is 0 Å². The second kappa shape index (κ2) is 12.4. The molecule has 3 rings (SSSR count). The highest BCUT2D eigenvalue weighted by Crippen LogP contribution is 2.37. The summed E-state index contributed by atoms with van der Waals surface area (Å²) in [6.07, 6.45) is 2.82. The maximum Gasteiger partial charge on any atom is 0.244 e. The van der Waals surface area contributed by atoms with Gasteiger partial charge in [-0.3, -0.25) is 4.79 Å². The van der Waals surface area contributed by atoms with Gasteiger partial charge in [0.1, 0.15) is 6.61 Å². The first-order chi connectivity index (χ1) is 16.0. The number of carbonyl (C=O) groups is 1. The molecule has 0 aromatic heterocycles. The lowest BCUT2D eigenvalue weighted by Crippen LogP contribution is -2.19. The molecule has 0 atom stereocenters. The predicted octanol–water partition coefficient (Wildman–Crippen LogP) is 6.34. The van der Waals surface area contributed by atoms with E-state index in [1.165, 1.54) is 5.56 Å². The minimum atomic E-state index is -0.178. The van der Waals surface area contributed by atoms with Crippen molar-refractivity contribution < 1.29 is 14.3 Å². The monoisotopic (exact) mass is 528 g/mol. The average molecular weight is 530 g/mol. The van der Waals surface area contributed by atoms with E-state index in [0.717, 1.165) is 27.6 Å². The van der Waals surface area contributed by atoms with E-state index in [0.29, 0.717) is 29.7 Å². The van der Waals surface area contributed by atoms with Gasteiger partial charge in [0.05, 0.1) is 23.7 Å². The van der Waals surface area contributed by atoms with Gasteiger partial charge in [-0.15, -0.1) is 0 Å². The van der Waals surface area contributed by atoms with Crippen LogP contribution >= 0.6 is 27.5 Å². The molecule has 0 spiro atoms. The van der Waals surface area contributed by atoms with Crippen LogP contribution in [0.15, 0.2) is 70.2 Å². The Hall–Kier alpha value is -2.83. The number of hydrogen-bond donors (Lipinski definition) is 1. The number of rotatable bonds is 10. The van der Waals surface area contributed by atoms with Crippen LogP contribution in [0.5, 0.6) is 11.5 Å². The number of ether oxygens (including phenoxy) is 2. The van der Waals surface area contributed by atoms with Crippen molar-refractivity contribution in [3.63, 3.8) is 0 Å². The summed E-state index contributed by atoms with van der Waals surface area (Å²) in [7, 11) is 0. The molecular weight excluding hydrogens is 504 g/mol. The molecule has 0 aliphatic heterocycles. The van der Waals surface area contributed by atoms with Gasteiger partial charge in [-0.1, -0.05) is 54.9 Å². The maximum atomic E-state index is 12.2. The summed E-state index contributed by atoms with van der Waals surface area (Å²) in [6, 6.07) is 19.2. The third-order valence-electron chi connectivity index (χ3n) is 4.83. The molecule has 172 valence electrons. The van der Waals surface area contributed by atoms with Crippen LogP contribution in [0.4, 0.5) is 0 Å². The highest BCUT2D eigenvalue weighted by Gasteiger charge is 2.12. The third-order valence-corrected chi connectivity index (χ3v) is 5.67. The van der Waals surface area contributed by atoms with Gasteiger partial charge in [0.2, 0.25) is 5.91 Å². The van der Waals surface area contributed by atoms with Crippen LogP contribution in [0.2, 0.25) is 5.02 Å². The van der Waals surface area contributed by atoms with Crippen molar-refractivity contribution in [1.29, 1.82) is 0 Å². The fourth-order valence-corrected chi connectivity index (χ4v) is 3.80. The second-order valence-corrected chi connectivity index (χ2v) is 8.61. The minimum absolute atomic E-state index is 0.178. The number of hydrazone groups is 1. The number of hydrogen-bond acceptors (Lipinski definition) is 4. The van der Waals surface area contributed by atoms with Crippen molar-refractivity contribution >= 4 is 39.7 Å². The lowest BCUT2D eigenvalue weighted by Gasteiger charge is -2.14. The molecule has 0 saturated heterocycles. The molecule has 1 N–H and O–H groups in total. The molecule has 3 aromatic rings. The van der Waals surface area contributed by atoms with Crippen molar-refractivity contribution in [2.75, 3.05) is 6.61 Å². The molecule has 5 nitrogen and oxygen atoms in total. The van der Waals surface area contributed by atoms with Crippen LogP contribution < -0.4 is 14.9 Å². The van der Waals surface area contributed by atoms with Crippen molar-refractivity contribution in [2.45, 2.75) is 33.3 Å². The molecule has 0 aliphatic rings. The van der Waals surface area contributed by atoms with E-state index in [9.17, 15) is 4.79 Å². The third kappa shape index (κ3) is 7.62. The van der Waals surface area contributed by atoms with Gasteiger partial charge in [-0.05, 0) is 75.8 Å². The predicted molar refractivity (Wildman–Crippen MR) is 136 cm³/mol. The first kappa shape index (κ1) is 24.8. The zero-order valence-corrected chi connectivity index (χ0v) is 20.9. The summed E-state index contributed by atoms with van der Waals surface area (Å²) in [5.41, 5.74) is 6.52.